The average Bonchev–Trinajstić information content (AvgIpc) is 2.65. The van der Waals surface area contributed by atoms with Gasteiger partial charge in [0.05, 0.1) is 11.0 Å². The van der Waals surface area contributed by atoms with Crippen molar-refractivity contribution >= 4 is 21.2 Å². The van der Waals surface area contributed by atoms with Gasteiger partial charge in [-0.3, -0.25) is 15.0 Å². The van der Waals surface area contributed by atoms with E-state index in [-0.39, 0.29) is 17.1 Å². The Morgan fingerprint density at radius 1 is 1.21 bits per heavy atom. The first kappa shape index (κ1) is 20.2. The molecule has 1 aliphatic heterocycles. The van der Waals surface area contributed by atoms with E-state index in [0.29, 0.717) is 6.54 Å². The number of sulfone groups is 1. The lowest BCUT2D eigenvalue weighted by atomic mass is 10.00. The summed E-state index contributed by atoms with van der Waals surface area (Å²) in [4.78, 5) is 12.5. The molecule has 1 unspecified atom stereocenters. The molecule has 9 heteroatoms. The minimum absolute atomic E-state index is 0.0756. The molecule has 150 valence electrons. The molecule has 2 aromatic rings. The zero-order valence-corrected chi connectivity index (χ0v) is 16.4. The third kappa shape index (κ3) is 4.67. The molecule has 2 aromatic carbocycles. The van der Waals surface area contributed by atoms with Crippen molar-refractivity contribution in [3.8, 4) is 0 Å². The number of rotatable bonds is 7. The van der Waals surface area contributed by atoms with Crippen LogP contribution in [0.3, 0.4) is 0 Å². The third-order valence-electron chi connectivity index (χ3n) is 4.79. The smallest absolute Gasteiger partial charge is 0.310 e. The van der Waals surface area contributed by atoms with Gasteiger partial charge in [0.1, 0.15) is 10.6 Å². The van der Waals surface area contributed by atoms with Gasteiger partial charge in [-0.15, -0.1) is 0 Å². The SMILES string of the molecule is CS(=O)(=O)c1cccc(NCC(O)CN2CCc3ccccc3C2)c1[N+](=O)[O-]. The van der Waals surface area contributed by atoms with E-state index in [0.717, 1.165) is 25.8 Å². The molecule has 0 aromatic heterocycles. The fourth-order valence-corrected chi connectivity index (χ4v) is 4.31. The molecule has 0 bridgehead atoms. The Hall–Kier alpha value is -2.49. The lowest BCUT2D eigenvalue weighted by Crippen LogP contribution is -2.39. The highest BCUT2D eigenvalue weighted by molar-refractivity contribution is 7.90. The normalized spacial score (nSPS) is 15.6. The van der Waals surface area contributed by atoms with Crippen molar-refractivity contribution in [2.45, 2.75) is 24.0 Å². The molecule has 0 fully saturated rings. The van der Waals surface area contributed by atoms with Gasteiger partial charge in [-0.05, 0) is 29.7 Å². The van der Waals surface area contributed by atoms with Crippen molar-refractivity contribution in [1.82, 2.24) is 4.90 Å². The summed E-state index contributed by atoms with van der Waals surface area (Å²) in [6.45, 7) is 2.07. The number of hydrogen-bond acceptors (Lipinski definition) is 7. The van der Waals surface area contributed by atoms with E-state index >= 15 is 0 Å². The number of nitro benzene ring substituents is 1. The van der Waals surface area contributed by atoms with Crippen LogP contribution in [0.4, 0.5) is 11.4 Å². The lowest BCUT2D eigenvalue weighted by Gasteiger charge is -2.30. The molecular formula is C19H23N3O5S. The molecule has 0 amide bonds. The fourth-order valence-electron chi connectivity index (χ4n) is 3.45. The minimum Gasteiger partial charge on any atom is -0.390 e. The second-order valence-electron chi connectivity index (χ2n) is 6.97. The van der Waals surface area contributed by atoms with Crippen LogP contribution in [-0.4, -0.2) is 55.3 Å². The molecule has 0 radical (unpaired) electrons. The summed E-state index contributed by atoms with van der Waals surface area (Å²) in [7, 11) is -3.74. The van der Waals surface area contributed by atoms with Gasteiger partial charge in [0.15, 0.2) is 9.84 Å². The number of anilines is 1. The van der Waals surface area contributed by atoms with Gasteiger partial charge in [-0.25, -0.2) is 8.42 Å². The van der Waals surface area contributed by atoms with Crippen molar-refractivity contribution < 1.29 is 18.4 Å². The average molecular weight is 405 g/mol. The molecule has 0 aliphatic carbocycles. The molecule has 2 N–H and O–H groups in total. The first-order valence-electron chi connectivity index (χ1n) is 8.94. The van der Waals surface area contributed by atoms with Gasteiger partial charge in [0, 0.05) is 32.4 Å². The van der Waals surface area contributed by atoms with E-state index in [1.165, 1.54) is 29.3 Å². The summed E-state index contributed by atoms with van der Waals surface area (Å²) >= 11 is 0. The summed E-state index contributed by atoms with van der Waals surface area (Å²) in [5.41, 5.74) is 2.14. The molecule has 0 saturated carbocycles. The molecule has 1 aliphatic rings. The maximum atomic E-state index is 11.8. The minimum atomic E-state index is -3.74. The number of aliphatic hydroxyl groups is 1. The van der Waals surface area contributed by atoms with Crippen LogP contribution in [0.5, 0.6) is 0 Å². The van der Waals surface area contributed by atoms with E-state index in [4.69, 9.17) is 0 Å². The summed E-state index contributed by atoms with van der Waals surface area (Å²) in [5.74, 6) is 0. The molecule has 3 rings (SSSR count). The molecular weight excluding hydrogens is 382 g/mol. The van der Waals surface area contributed by atoms with Gasteiger partial charge in [-0.2, -0.15) is 0 Å². The molecule has 1 heterocycles. The Morgan fingerprint density at radius 3 is 2.61 bits per heavy atom. The monoisotopic (exact) mass is 405 g/mol. The Bertz CT molecular complexity index is 977. The number of β-amino-alcohol motifs (C(OH)–C–C–N with tert-alkyl or cyclic N) is 1. The van der Waals surface area contributed by atoms with E-state index in [9.17, 15) is 23.6 Å². The van der Waals surface area contributed by atoms with E-state index in [1.807, 2.05) is 12.1 Å². The first-order chi connectivity index (χ1) is 13.3. The summed E-state index contributed by atoms with van der Waals surface area (Å²) in [6.07, 6.45) is 1.09. The van der Waals surface area contributed by atoms with Crippen molar-refractivity contribution in [1.29, 1.82) is 0 Å². The number of nitrogens with one attached hydrogen (secondary N) is 1. The van der Waals surface area contributed by atoms with Gasteiger partial charge >= 0.3 is 5.69 Å². The van der Waals surface area contributed by atoms with Crippen LogP contribution in [-0.2, 0) is 22.8 Å². The Kier molecular flexibility index (Phi) is 5.97. The van der Waals surface area contributed by atoms with Crippen LogP contribution >= 0.6 is 0 Å². The first-order valence-corrected chi connectivity index (χ1v) is 10.8. The summed E-state index contributed by atoms with van der Waals surface area (Å²) in [5, 5.41) is 24.6. The molecule has 28 heavy (non-hydrogen) atoms. The van der Waals surface area contributed by atoms with Crippen LogP contribution < -0.4 is 5.32 Å². The van der Waals surface area contributed by atoms with E-state index < -0.39 is 26.6 Å². The predicted molar refractivity (Wildman–Crippen MR) is 106 cm³/mol. The Morgan fingerprint density at radius 2 is 1.93 bits per heavy atom. The fraction of sp³-hybridized carbons (Fsp3) is 0.368. The van der Waals surface area contributed by atoms with Crippen LogP contribution in [0.25, 0.3) is 0 Å². The van der Waals surface area contributed by atoms with Crippen molar-refractivity contribution in [3.63, 3.8) is 0 Å². The molecule has 0 spiro atoms. The van der Waals surface area contributed by atoms with Crippen LogP contribution in [0, 0.1) is 10.1 Å². The highest BCUT2D eigenvalue weighted by Crippen LogP contribution is 2.31. The van der Waals surface area contributed by atoms with Crippen molar-refractivity contribution in [3.05, 3.63) is 63.7 Å². The maximum absolute atomic E-state index is 11.8. The number of benzene rings is 2. The summed E-state index contributed by atoms with van der Waals surface area (Å²) in [6, 6.07) is 12.3. The predicted octanol–water partition coefficient (Wildman–Crippen LogP) is 1.83. The van der Waals surface area contributed by atoms with Crippen molar-refractivity contribution in [2.75, 3.05) is 31.2 Å². The van der Waals surface area contributed by atoms with E-state index in [2.05, 4.69) is 22.3 Å². The van der Waals surface area contributed by atoms with E-state index in [1.54, 1.807) is 0 Å². The van der Waals surface area contributed by atoms with Crippen LogP contribution in [0.15, 0.2) is 47.4 Å². The highest BCUT2D eigenvalue weighted by Gasteiger charge is 2.26. The zero-order chi connectivity index (χ0) is 20.3. The van der Waals surface area contributed by atoms with Gasteiger partial charge in [0.2, 0.25) is 0 Å². The van der Waals surface area contributed by atoms with Gasteiger partial charge in [0.25, 0.3) is 0 Å². The Labute approximate surface area is 163 Å². The third-order valence-corrected chi connectivity index (χ3v) is 5.92. The second-order valence-corrected chi connectivity index (χ2v) is 8.95. The Balaban J connectivity index is 1.65. The zero-order valence-electron chi connectivity index (χ0n) is 15.5. The quantitative estimate of drug-likeness (QED) is 0.534. The molecule has 8 nitrogen and oxygen atoms in total. The molecule has 1 atom stereocenters. The number of nitrogens with zero attached hydrogens (tertiary/aromatic N) is 2. The number of aliphatic hydroxyl groups excluding tert-OH is 1. The number of hydrogen-bond donors (Lipinski definition) is 2. The van der Waals surface area contributed by atoms with Crippen LogP contribution in [0.2, 0.25) is 0 Å². The number of para-hydroxylation sites is 1. The standard InChI is InChI=1S/C19H23N3O5S/c1-28(26,27)18-8-4-7-17(19(18)22(24)25)20-11-16(23)13-21-10-9-14-5-2-3-6-15(14)12-21/h2-8,16,20,23H,9-13H2,1H3. The van der Waals surface area contributed by atoms with Crippen LogP contribution in [0.1, 0.15) is 11.1 Å². The highest BCUT2D eigenvalue weighted by atomic mass is 32.2. The summed E-state index contributed by atoms with van der Waals surface area (Å²) < 4.78 is 23.6. The lowest BCUT2D eigenvalue weighted by molar-refractivity contribution is -0.386. The largest absolute Gasteiger partial charge is 0.390 e. The second kappa shape index (κ2) is 8.26. The topological polar surface area (TPSA) is 113 Å². The van der Waals surface area contributed by atoms with Gasteiger partial charge < -0.3 is 10.4 Å². The maximum Gasteiger partial charge on any atom is 0.310 e. The number of fused-ring (bicyclic) bond motifs is 1. The van der Waals surface area contributed by atoms with Gasteiger partial charge in [-0.1, -0.05) is 30.3 Å². The van der Waals surface area contributed by atoms with Crippen molar-refractivity contribution in [2.24, 2.45) is 0 Å². The molecule has 0 saturated heterocycles. The number of nitro groups is 1.